The molecule has 0 aliphatic carbocycles. The van der Waals surface area contributed by atoms with Gasteiger partial charge in [0.15, 0.2) is 0 Å². The first-order chi connectivity index (χ1) is 11.5. The summed E-state index contributed by atoms with van der Waals surface area (Å²) in [6, 6.07) is 7.97. The van der Waals surface area contributed by atoms with Gasteiger partial charge in [-0.25, -0.2) is 4.79 Å². The molecule has 2 aromatic rings. The van der Waals surface area contributed by atoms with Crippen LogP contribution in [0.5, 0.6) is 0 Å². The number of allylic oxidation sites excluding steroid dienone is 1. The van der Waals surface area contributed by atoms with Gasteiger partial charge in [0.2, 0.25) is 0 Å². The number of halogens is 2. The summed E-state index contributed by atoms with van der Waals surface area (Å²) < 4.78 is 0. The Labute approximate surface area is 154 Å². The number of nitrogens with zero attached hydrogens (tertiary/aromatic N) is 1. The Morgan fingerprint density at radius 3 is 2.83 bits per heavy atom. The molecule has 0 radical (unpaired) electrons. The second-order valence-corrected chi connectivity index (χ2v) is 6.58. The number of carboxylic acids is 1. The molecule has 1 aromatic carbocycles. The lowest BCUT2D eigenvalue weighted by Gasteiger charge is -2.27. The lowest BCUT2D eigenvalue weighted by molar-refractivity contribution is -0.137. The van der Waals surface area contributed by atoms with Crippen molar-refractivity contribution in [3.8, 4) is 0 Å². The number of carboxylic acid groups (broad SMARTS) is 1. The van der Waals surface area contributed by atoms with Crippen molar-refractivity contribution in [2.45, 2.75) is 12.5 Å². The van der Waals surface area contributed by atoms with Crippen LogP contribution < -0.4 is 5.32 Å². The van der Waals surface area contributed by atoms with Crippen LogP contribution in [0.2, 0.25) is 10.0 Å². The van der Waals surface area contributed by atoms with E-state index in [0.29, 0.717) is 26.3 Å². The molecule has 0 fully saturated rings. The molecule has 7 heteroatoms. The van der Waals surface area contributed by atoms with Gasteiger partial charge in [0.05, 0.1) is 15.6 Å². The molecule has 24 heavy (non-hydrogen) atoms. The number of carbonyl (C=O) groups is 1. The molecule has 2 heterocycles. The van der Waals surface area contributed by atoms with Crippen molar-refractivity contribution in [2.75, 3.05) is 5.32 Å². The van der Waals surface area contributed by atoms with E-state index >= 15 is 0 Å². The number of aromatic nitrogens is 1. The van der Waals surface area contributed by atoms with Crippen LogP contribution in [0.4, 0.5) is 5.69 Å². The van der Waals surface area contributed by atoms with E-state index in [2.05, 4.69) is 10.3 Å². The van der Waals surface area contributed by atoms with Crippen molar-refractivity contribution in [1.82, 2.24) is 4.98 Å². The number of anilines is 1. The van der Waals surface area contributed by atoms with Gasteiger partial charge < -0.3 is 10.4 Å². The predicted molar refractivity (Wildman–Crippen MR) is 100 cm³/mol. The Hall–Kier alpha value is -1.95. The molecule has 0 saturated carbocycles. The molecule has 122 valence electrons. The number of hydrogen-bond donors (Lipinski definition) is 2. The van der Waals surface area contributed by atoms with Gasteiger partial charge in [-0.3, -0.25) is 4.98 Å². The van der Waals surface area contributed by atoms with E-state index < -0.39 is 12.0 Å². The van der Waals surface area contributed by atoms with Crippen LogP contribution in [0.1, 0.15) is 17.7 Å². The molecule has 0 spiro atoms. The third kappa shape index (κ3) is 3.43. The Balaban J connectivity index is 2.08. The van der Waals surface area contributed by atoms with E-state index in [1.54, 1.807) is 36.5 Å². The molecule has 0 amide bonds. The zero-order valence-electron chi connectivity index (χ0n) is 12.3. The van der Waals surface area contributed by atoms with Crippen molar-refractivity contribution in [3.05, 3.63) is 63.9 Å². The number of thiocarbonyl (C=S) groups is 1. The van der Waals surface area contributed by atoms with Crippen LogP contribution in [0.3, 0.4) is 0 Å². The molecule has 2 N–H and O–H groups in total. The van der Waals surface area contributed by atoms with Crippen molar-refractivity contribution < 1.29 is 9.90 Å². The highest BCUT2D eigenvalue weighted by atomic mass is 35.5. The van der Waals surface area contributed by atoms with Crippen LogP contribution in [0, 0.1) is 0 Å². The summed E-state index contributed by atoms with van der Waals surface area (Å²) in [6.45, 7) is 0. The minimum absolute atomic E-state index is 0.261. The number of nitrogens with one attached hydrogen (secondary N) is 1. The predicted octanol–water partition coefficient (Wildman–Crippen LogP) is 4.46. The number of aliphatic carboxylic acids is 1. The molecule has 0 bridgehead atoms. The lowest BCUT2D eigenvalue weighted by atomic mass is 9.91. The highest BCUT2D eigenvalue weighted by molar-refractivity contribution is 7.81. The van der Waals surface area contributed by atoms with Gasteiger partial charge in [-0.1, -0.05) is 41.5 Å². The molecular formula is C17H12Cl2N2O2S. The van der Waals surface area contributed by atoms with E-state index in [9.17, 15) is 9.90 Å². The van der Waals surface area contributed by atoms with E-state index in [1.165, 1.54) is 0 Å². The molecule has 1 aromatic heterocycles. The monoisotopic (exact) mass is 378 g/mol. The van der Waals surface area contributed by atoms with Gasteiger partial charge >= 0.3 is 5.97 Å². The Kier molecular flexibility index (Phi) is 4.85. The normalized spacial score (nSPS) is 17.9. The third-order valence-electron chi connectivity index (χ3n) is 3.65. The van der Waals surface area contributed by atoms with Gasteiger partial charge in [0.1, 0.15) is 6.04 Å². The standard InChI is InChI=1S/C17H12Cl2N2O2S/c18-10-7-11(19)16-9(5-14(17(22)23)21-13(16)8-10)6-15(24)12-3-1-2-4-20-12/h1-4,6-8,14,21H,5H2,(H,22,23). The molecular weight excluding hydrogens is 367 g/mol. The molecule has 3 rings (SSSR count). The summed E-state index contributed by atoms with van der Waals surface area (Å²) in [5.74, 6) is -0.952. The van der Waals surface area contributed by atoms with Crippen LogP contribution in [0.25, 0.3) is 5.57 Å². The molecule has 4 nitrogen and oxygen atoms in total. The van der Waals surface area contributed by atoms with E-state index in [1.807, 2.05) is 6.07 Å². The zero-order chi connectivity index (χ0) is 17.3. The minimum Gasteiger partial charge on any atom is -0.480 e. The number of rotatable bonds is 3. The lowest BCUT2D eigenvalue weighted by Crippen LogP contribution is -2.33. The second kappa shape index (κ2) is 6.89. The maximum Gasteiger partial charge on any atom is 0.326 e. The maximum absolute atomic E-state index is 11.4. The minimum atomic E-state index is -0.952. The van der Waals surface area contributed by atoms with E-state index in [0.717, 1.165) is 11.1 Å². The first-order valence-corrected chi connectivity index (χ1v) is 8.27. The molecule has 1 unspecified atom stereocenters. The molecule has 1 aliphatic rings. The Bertz CT molecular complexity index is 853. The average Bonchev–Trinajstić information content (AvgIpc) is 2.54. The number of hydrogen-bond acceptors (Lipinski definition) is 4. The van der Waals surface area contributed by atoms with Gasteiger partial charge in [-0.2, -0.15) is 0 Å². The SMILES string of the molecule is O=C(O)C1CC(=CC(=S)c2ccccn2)c2c(Cl)cc(Cl)cc2N1. The molecule has 0 saturated heterocycles. The molecule has 1 atom stereocenters. The first-order valence-electron chi connectivity index (χ1n) is 7.10. The Morgan fingerprint density at radius 1 is 1.38 bits per heavy atom. The smallest absolute Gasteiger partial charge is 0.326 e. The summed E-state index contributed by atoms with van der Waals surface area (Å²) >= 11 is 17.8. The summed E-state index contributed by atoms with van der Waals surface area (Å²) in [4.78, 5) is 16.2. The van der Waals surface area contributed by atoms with Crippen molar-refractivity contribution in [1.29, 1.82) is 0 Å². The maximum atomic E-state index is 11.4. The van der Waals surface area contributed by atoms with Crippen LogP contribution in [-0.4, -0.2) is 27.0 Å². The summed E-state index contributed by atoms with van der Waals surface area (Å²) in [5, 5.41) is 13.2. The fourth-order valence-electron chi connectivity index (χ4n) is 2.60. The van der Waals surface area contributed by atoms with Crippen molar-refractivity contribution in [2.24, 2.45) is 0 Å². The average molecular weight is 379 g/mol. The van der Waals surface area contributed by atoms with Gasteiger partial charge in [0, 0.05) is 28.9 Å². The van der Waals surface area contributed by atoms with Crippen LogP contribution >= 0.6 is 35.4 Å². The number of pyridine rings is 1. The van der Waals surface area contributed by atoms with Crippen LogP contribution in [0.15, 0.2) is 42.6 Å². The van der Waals surface area contributed by atoms with Crippen LogP contribution in [-0.2, 0) is 4.79 Å². The number of benzene rings is 1. The quantitative estimate of drug-likeness (QED) is 0.469. The fraction of sp³-hybridized carbons (Fsp3) is 0.118. The van der Waals surface area contributed by atoms with Gasteiger partial charge in [0.25, 0.3) is 0 Å². The van der Waals surface area contributed by atoms with Gasteiger partial charge in [-0.05, 0) is 35.9 Å². The van der Waals surface area contributed by atoms with Gasteiger partial charge in [-0.15, -0.1) is 0 Å². The fourth-order valence-corrected chi connectivity index (χ4v) is 3.47. The summed E-state index contributed by atoms with van der Waals surface area (Å²) in [6.07, 6.45) is 3.67. The molecule has 1 aliphatic heterocycles. The second-order valence-electron chi connectivity index (χ2n) is 5.30. The highest BCUT2D eigenvalue weighted by Gasteiger charge is 2.29. The zero-order valence-corrected chi connectivity index (χ0v) is 14.6. The first kappa shape index (κ1) is 16.9. The largest absolute Gasteiger partial charge is 0.480 e. The summed E-state index contributed by atoms with van der Waals surface area (Å²) in [7, 11) is 0. The Morgan fingerprint density at radius 2 is 2.17 bits per heavy atom. The summed E-state index contributed by atoms with van der Waals surface area (Å²) in [5.41, 5.74) is 2.70. The van der Waals surface area contributed by atoms with E-state index in [4.69, 9.17) is 35.4 Å². The van der Waals surface area contributed by atoms with E-state index in [-0.39, 0.29) is 6.42 Å². The van der Waals surface area contributed by atoms with Crippen molar-refractivity contribution in [3.63, 3.8) is 0 Å². The number of fused-ring (bicyclic) bond motifs is 1. The third-order valence-corrected chi connectivity index (χ3v) is 4.49. The van der Waals surface area contributed by atoms with Crippen molar-refractivity contribution >= 4 is 57.5 Å². The highest BCUT2D eigenvalue weighted by Crippen LogP contribution is 2.40. The topological polar surface area (TPSA) is 62.2 Å².